The third kappa shape index (κ3) is 18.3. The summed E-state index contributed by atoms with van der Waals surface area (Å²) < 4.78 is 35.9. The molecule has 5 unspecified atom stereocenters. The van der Waals surface area contributed by atoms with E-state index < -0.39 is 44.7 Å². The summed E-state index contributed by atoms with van der Waals surface area (Å²) in [7, 11) is -4.55. The van der Waals surface area contributed by atoms with Crippen molar-refractivity contribution in [2.45, 2.75) is 160 Å². The van der Waals surface area contributed by atoms with Crippen molar-refractivity contribution in [3.63, 3.8) is 0 Å². The third-order valence-electron chi connectivity index (χ3n) is 8.59. The molecular weight excluding hydrogens is 657 g/mol. The molecule has 2 heterocycles. The van der Waals surface area contributed by atoms with Gasteiger partial charge in [0.2, 0.25) is 0 Å². The van der Waals surface area contributed by atoms with Gasteiger partial charge in [-0.05, 0) is 24.7 Å². The molecule has 0 spiro atoms. The van der Waals surface area contributed by atoms with Crippen molar-refractivity contribution in [1.29, 1.82) is 0 Å². The zero-order valence-corrected chi connectivity index (χ0v) is 31.1. The van der Waals surface area contributed by atoms with Crippen LogP contribution in [0.5, 0.6) is 0 Å². The fourth-order valence-electron chi connectivity index (χ4n) is 5.64. The van der Waals surface area contributed by atoms with Crippen LogP contribution in [0.3, 0.4) is 0 Å². The molecule has 48 heavy (non-hydrogen) atoms. The van der Waals surface area contributed by atoms with Gasteiger partial charge in [0.1, 0.15) is 24.1 Å². The highest BCUT2D eigenvalue weighted by Gasteiger charge is 2.45. The third-order valence-corrected chi connectivity index (χ3v) is 10.7. The molecule has 1 saturated heterocycles. The van der Waals surface area contributed by atoms with Gasteiger partial charge in [0.25, 0.3) is 0 Å². The Morgan fingerprint density at radius 1 is 0.896 bits per heavy atom. The highest BCUT2D eigenvalue weighted by molar-refractivity contribution is 7.99. The number of hydrogen-bond acceptors (Lipinski definition) is 11. The van der Waals surface area contributed by atoms with Crippen LogP contribution in [-0.4, -0.2) is 80.4 Å². The van der Waals surface area contributed by atoms with Crippen molar-refractivity contribution in [2.24, 2.45) is 0 Å². The molecule has 0 bridgehead atoms. The average Bonchev–Trinajstić information content (AvgIpc) is 3.34. The predicted molar refractivity (Wildman–Crippen MR) is 192 cm³/mol. The topological polar surface area (TPSA) is 176 Å². The van der Waals surface area contributed by atoms with Crippen molar-refractivity contribution in [3.8, 4) is 0 Å². The Bertz CT molecular complexity index is 1070. The van der Waals surface area contributed by atoms with Crippen molar-refractivity contribution < 1.29 is 38.2 Å². The number of phosphoric acid groups is 1. The van der Waals surface area contributed by atoms with Crippen molar-refractivity contribution in [1.82, 2.24) is 9.55 Å². The van der Waals surface area contributed by atoms with Crippen LogP contribution in [0.2, 0.25) is 0 Å². The van der Waals surface area contributed by atoms with Crippen LogP contribution in [0.1, 0.15) is 136 Å². The summed E-state index contributed by atoms with van der Waals surface area (Å²) >= 11 is 1.76. The summed E-state index contributed by atoms with van der Waals surface area (Å²) in [5, 5.41) is 20.9. The zero-order chi connectivity index (χ0) is 35.0. The number of aliphatic hydroxyl groups is 2. The van der Waals surface area contributed by atoms with Gasteiger partial charge in [-0.1, -0.05) is 117 Å². The number of ether oxygens (including phenoxy) is 2. The minimum absolute atomic E-state index is 0.000160. The quantitative estimate of drug-likeness (QED) is 0.0486. The van der Waals surface area contributed by atoms with E-state index in [-0.39, 0.29) is 18.5 Å². The van der Waals surface area contributed by atoms with Gasteiger partial charge in [-0.25, -0.2) is 9.36 Å². The first-order valence-electron chi connectivity index (χ1n) is 18.4. The molecule has 1 aliphatic heterocycles. The Labute approximate surface area is 292 Å². The van der Waals surface area contributed by atoms with Gasteiger partial charge in [-0.3, -0.25) is 13.6 Å². The molecule has 0 aliphatic carbocycles. The highest BCUT2D eigenvalue weighted by atomic mass is 32.2. The van der Waals surface area contributed by atoms with Crippen LogP contribution in [0.25, 0.3) is 0 Å². The van der Waals surface area contributed by atoms with Crippen molar-refractivity contribution in [2.75, 3.05) is 37.1 Å². The maximum Gasteiger partial charge on any atom is 0.472 e. The van der Waals surface area contributed by atoms with Crippen molar-refractivity contribution in [3.05, 3.63) is 22.7 Å². The van der Waals surface area contributed by atoms with Crippen LogP contribution in [0.4, 0.5) is 5.82 Å². The molecule has 14 heteroatoms. The normalized spacial score (nSPS) is 21.4. The summed E-state index contributed by atoms with van der Waals surface area (Å²) in [4.78, 5) is 26.2. The Hall–Kier alpha value is -1.02. The SMILES string of the molecule is CCCCCCCCCCCCSCC(COP(=O)(O)OCC1OC(n2ccc(N)nc2=O)[C@@H](O)C1O)OCCCCCCCCCC. The number of thioether (sulfide) groups is 1. The van der Waals surface area contributed by atoms with E-state index in [1.807, 2.05) is 0 Å². The standard InChI is InChI=1S/C34H64N3O9PS/c1-3-5-7-9-11-13-14-16-18-20-24-48-27-28(43-23-19-17-15-12-10-8-6-4-2)25-44-47(41,42)45-26-29-31(38)32(39)33(46-29)37-22-21-30(35)36-34(37)40/h21-22,28-29,31-33,38-39H,3-20,23-27H2,1-2H3,(H,41,42)(H2,35,36,40)/t28?,29?,31?,32-,33?/m0/s1. The number of nitrogens with two attached hydrogens (primary N) is 1. The summed E-state index contributed by atoms with van der Waals surface area (Å²) in [5.41, 5.74) is 4.75. The Balaban J connectivity index is 1.75. The molecule has 1 aromatic rings. The average molecular weight is 722 g/mol. The van der Waals surface area contributed by atoms with E-state index in [0.717, 1.165) is 29.6 Å². The predicted octanol–water partition coefficient (Wildman–Crippen LogP) is 6.76. The molecule has 2 rings (SSSR count). The fourth-order valence-corrected chi connectivity index (χ4v) is 7.43. The first-order valence-corrected chi connectivity index (χ1v) is 21.0. The second kappa shape index (κ2) is 25.9. The van der Waals surface area contributed by atoms with Gasteiger partial charge < -0.3 is 30.3 Å². The second-order valence-corrected chi connectivity index (χ2v) is 15.5. The van der Waals surface area contributed by atoms with Gasteiger partial charge in [-0.2, -0.15) is 16.7 Å². The van der Waals surface area contributed by atoms with Crippen LogP contribution in [-0.2, 0) is 23.1 Å². The van der Waals surface area contributed by atoms with E-state index in [0.29, 0.717) is 12.4 Å². The van der Waals surface area contributed by atoms with E-state index in [1.165, 1.54) is 109 Å². The molecule has 6 atom stereocenters. The van der Waals surface area contributed by atoms with Gasteiger partial charge in [-0.15, -0.1) is 0 Å². The molecule has 280 valence electrons. The second-order valence-electron chi connectivity index (χ2n) is 12.9. The summed E-state index contributed by atoms with van der Waals surface area (Å²) in [6.45, 7) is 4.35. The van der Waals surface area contributed by atoms with E-state index in [4.69, 9.17) is 24.3 Å². The van der Waals surface area contributed by atoms with Crippen LogP contribution < -0.4 is 11.4 Å². The molecule has 1 aromatic heterocycles. The van der Waals surface area contributed by atoms with Gasteiger partial charge >= 0.3 is 13.5 Å². The minimum Gasteiger partial charge on any atom is -0.387 e. The monoisotopic (exact) mass is 721 g/mol. The zero-order valence-electron chi connectivity index (χ0n) is 29.4. The highest BCUT2D eigenvalue weighted by Crippen LogP contribution is 2.44. The summed E-state index contributed by atoms with van der Waals surface area (Å²) in [6, 6.07) is 1.35. The number of hydrogen-bond donors (Lipinski definition) is 4. The number of nitrogens with zero attached hydrogens (tertiary/aromatic N) is 2. The number of aromatic nitrogens is 2. The number of nitrogen functional groups attached to an aromatic ring is 1. The van der Waals surface area contributed by atoms with E-state index >= 15 is 0 Å². The molecular formula is C34H64N3O9PS. The number of rotatable bonds is 30. The number of aliphatic hydroxyl groups excluding tert-OH is 2. The van der Waals surface area contributed by atoms with Crippen LogP contribution >= 0.6 is 19.6 Å². The van der Waals surface area contributed by atoms with Crippen molar-refractivity contribution >= 4 is 25.4 Å². The molecule has 0 aromatic carbocycles. The van der Waals surface area contributed by atoms with E-state index in [1.54, 1.807) is 11.8 Å². The van der Waals surface area contributed by atoms with E-state index in [9.17, 15) is 24.5 Å². The first kappa shape index (κ1) is 43.1. The molecule has 1 fully saturated rings. The lowest BCUT2D eigenvalue weighted by molar-refractivity contribution is -0.0564. The number of anilines is 1. The molecule has 0 radical (unpaired) electrons. The Morgan fingerprint density at radius 2 is 1.46 bits per heavy atom. The number of unbranched alkanes of at least 4 members (excludes halogenated alkanes) is 16. The molecule has 5 N–H and O–H groups in total. The molecule has 1 aliphatic rings. The molecule has 0 saturated carbocycles. The van der Waals surface area contributed by atoms with Gasteiger partial charge in [0.05, 0.1) is 19.3 Å². The maximum atomic E-state index is 12.8. The Morgan fingerprint density at radius 3 is 2.04 bits per heavy atom. The summed E-state index contributed by atoms with van der Waals surface area (Å²) in [5.74, 6) is 1.63. The molecule has 12 nitrogen and oxygen atoms in total. The minimum atomic E-state index is -4.55. The smallest absolute Gasteiger partial charge is 0.387 e. The largest absolute Gasteiger partial charge is 0.472 e. The Kier molecular flexibility index (Phi) is 23.2. The van der Waals surface area contributed by atoms with Gasteiger partial charge in [0.15, 0.2) is 6.23 Å². The van der Waals surface area contributed by atoms with Crippen LogP contribution in [0, 0.1) is 0 Å². The van der Waals surface area contributed by atoms with Gasteiger partial charge in [0, 0.05) is 18.6 Å². The van der Waals surface area contributed by atoms with E-state index in [2.05, 4.69) is 18.8 Å². The lowest BCUT2D eigenvalue weighted by atomic mass is 10.1. The lowest BCUT2D eigenvalue weighted by Gasteiger charge is -2.21. The maximum absolute atomic E-state index is 12.8. The lowest BCUT2D eigenvalue weighted by Crippen LogP contribution is -2.36. The number of phosphoric ester groups is 1. The first-order chi connectivity index (χ1) is 23.2. The molecule has 0 amide bonds. The summed E-state index contributed by atoms with van der Waals surface area (Å²) in [6.07, 6.45) is 17.8. The fraction of sp³-hybridized carbons (Fsp3) is 0.882. The van der Waals surface area contributed by atoms with Crippen LogP contribution in [0.15, 0.2) is 17.1 Å².